The number of nitrogens with zero attached hydrogens (tertiary/aromatic N) is 2. The van der Waals surface area contributed by atoms with Gasteiger partial charge in [0, 0.05) is 0 Å². The predicted molar refractivity (Wildman–Crippen MR) is 61.6 cm³/mol. The van der Waals surface area contributed by atoms with Crippen molar-refractivity contribution in [3.05, 3.63) is 47.3 Å². The van der Waals surface area contributed by atoms with Gasteiger partial charge < -0.3 is 0 Å². The van der Waals surface area contributed by atoms with E-state index in [2.05, 4.69) is 20.8 Å². The monoisotopic (exact) mass is 271 g/mol. The maximum absolute atomic E-state index is 12.6. The lowest BCUT2D eigenvalue weighted by Crippen LogP contribution is -2.30. The number of H-pyrrole nitrogens is 1. The van der Waals surface area contributed by atoms with E-state index < -0.39 is 17.8 Å². The molecule has 0 aliphatic rings. The highest BCUT2D eigenvalue weighted by Gasteiger charge is 2.30. The molecule has 0 spiro atoms. The molecular formula is C11H12F3N5. The Balaban J connectivity index is 2.19. The van der Waals surface area contributed by atoms with Gasteiger partial charge in [0.25, 0.3) is 0 Å². The standard InChI is InChI=1S/C11H12F3N5/c12-11(13,14)8-3-1-2-7(4-8)5-9(17-15)10-6-16-19-18-10/h1-4,6,9,17H,5,15H2,(H,16,18,19). The summed E-state index contributed by atoms with van der Waals surface area (Å²) in [5.41, 5.74) is 2.88. The van der Waals surface area contributed by atoms with Gasteiger partial charge in [0.2, 0.25) is 0 Å². The van der Waals surface area contributed by atoms with Crippen molar-refractivity contribution in [1.82, 2.24) is 20.8 Å². The fourth-order valence-electron chi connectivity index (χ4n) is 1.74. The third-order valence-electron chi connectivity index (χ3n) is 2.69. The molecule has 0 aliphatic heterocycles. The molecular weight excluding hydrogens is 259 g/mol. The number of hydrogen-bond donors (Lipinski definition) is 3. The van der Waals surface area contributed by atoms with Gasteiger partial charge in [-0.05, 0) is 18.1 Å². The maximum atomic E-state index is 12.6. The summed E-state index contributed by atoms with van der Waals surface area (Å²) in [6, 6.07) is 4.71. The Morgan fingerprint density at radius 1 is 1.37 bits per heavy atom. The number of benzene rings is 1. The first-order chi connectivity index (χ1) is 9.00. The molecule has 0 amide bonds. The fraction of sp³-hybridized carbons (Fsp3) is 0.273. The van der Waals surface area contributed by atoms with Crippen LogP contribution < -0.4 is 11.3 Å². The van der Waals surface area contributed by atoms with Crippen LogP contribution in [0.5, 0.6) is 0 Å². The Kier molecular flexibility index (Phi) is 3.82. The SMILES string of the molecule is NNC(Cc1cccc(C(F)(F)F)c1)c1cn[nH]n1. The molecule has 0 saturated heterocycles. The molecule has 8 heteroatoms. The van der Waals surface area contributed by atoms with Gasteiger partial charge in [0.05, 0.1) is 17.8 Å². The fourth-order valence-corrected chi connectivity index (χ4v) is 1.74. The van der Waals surface area contributed by atoms with Crippen molar-refractivity contribution < 1.29 is 13.2 Å². The molecule has 0 saturated carbocycles. The summed E-state index contributed by atoms with van der Waals surface area (Å²) in [6.45, 7) is 0. The van der Waals surface area contributed by atoms with Crippen LogP contribution in [-0.2, 0) is 12.6 Å². The van der Waals surface area contributed by atoms with Crippen LogP contribution in [0.2, 0.25) is 0 Å². The molecule has 5 nitrogen and oxygen atoms in total. The van der Waals surface area contributed by atoms with Crippen molar-refractivity contribution in [2.45, 2.75) is 18.6 Å². The Morgan fingerprint density at radius 2 is 2.16 bits per heavy atom. The third-order valence-corrected chi connectivity index (χ3v) is 2.69. The second kappa shape index (κ2) is 5.37. The van der Waals surface area contributed by atoms with Crippen LogP contribution in [-0.4, -0.2) is 15.4 Å². The first kappa shape index (κ1) is 13.5. The highest BCUT2D eigenvalue weighted by molar-refractivity contribution is 5.27. The molecule has 2 aromatic rings. The van der Waals surface area contributed by atoms with E-state index in [1.807, 2.05) is 0 Å². The van der Waals surface area contributed by atoms with E-state index in [-0.39, 0.29) is 6.42 Å². The first-order valence-electron chi connectivity index (χ1n) is 5.48. The number of alkyl halides is 3. The number of nitrogens with one attached hydrogen (secondary N) is 2. The van der Waals surface area contributed by atoms with Crippen LogP contribution in [0.4, 0.5) is 13.2 Å². The summed E-state index contributed by atoms with van der Waals surface area (Å²) in [5.74, 6) is 5.38. The zero-order chi connectivity index (χ0) is 13.9. The number of hydrogen-bond acceptors (Lipinski definition) is 4. The Bertz CT molecular complexity index is 523. The minimum absolute atomic E-state index is 0.285. The van der Waals surface area contributed by atoms with Crippen molar-refractivity contribution in [2.75, 3.05) is 0 Å². The first-order valence-corrected chi connectivity index (χ1v) is 5.48. The number of aromatic amines is 1. The predicted octanol–water partition coefficient (Wildman–Crippen LogP) is 1.57. The molecule has 0 bridgehead atoms. The Morgan fingerprint density at radius 3 is 2.74 bits per heavy atom. The average molecular weight is 271 g/mol. The summed E-state index contributed by atoms with van der Waals surface area (Å²) in [7, 11) is 0. The molecule has 4 N–H and O–H groups in total. The summed E-state index contributed by atoms with van der Waals surface area (Å²) in [5, 5.41) is 9.92. The quantitative estimate of drug-likeness (QED) is 0.582. The lowest BCUT2D eigenvalue weighted by molar-refractivity contribution is -0.137. The number of rotatable bonds is 4. The molecule has 1 aromatic carbocycles. The van der Waals surface area contributed by atoms with E-state index in [4.69, 9.17) is 5.84 Å². The molecule has 1 heterocycles. The molecule has 1 aromatic heterocycles. The van der Waals surface area contributed by atoms with Crippen LogP contribution in [0.3, 0.4) is 0 Å². The highest BCUT2D eigenvalue weighted by Crippen LogP contribution is 2.30. The van der Waals surface area contributed by atoms with Gasteiger partial charge in [-0.3, -0.25) is 11.3 Å². The van der Waals surface area contributed by atoms with E-state index in [1.165, 1.54) is 12.3 Å². The molecule has 102 valence electrons. The van der Waals surface area contributed by atoms with Gasteiger partial charge in [0.1, 0.15) is 5.69 Å². The summed E-state index contributed by atoms with van der Waals surface area (Å²) in [6.07, 6.45) is -2.60. The molecule has 1 atom stereocenters. The second-order valence-electron chi connectivity index (χ2n) is 4.02. The van der Waals surface area contributed by atoms with Crippen LogP contribution >= 0.6 is 0 Å². The Labute approximate surface area is 107 Å². The van der Waals surface area contributed by atoms with Gasteiger partial charge in [-0.25, -0.2) is 0 Å². The average Bonchev–Trinajstić information content (AvgIpc) is 2.89. The molecule has 0 radical (unpaired) electrons. The normalized spacial score (nSPS) is 13.5. The van der Waals surface area contributed by atoms with E-state index in [0.717, 1.165) is 12.1 Å². The topological polar surface area (TPSA) is 79.6 Å². The largest absolute Gasteiger partial charge is 0.416 e. The minimum atomic E-state index is -4.35. The summed E-state index contributed by atoms with van der Waals surface area (Å²) in [4.78, 5) is 0. The van der Waals surface area contributed by atoms with Crippen molar-refractivity contribution in [2.24, 2.45) is 5.84 Å². The molecule has 0 fully saturated rings. The summed E-state index contributed by atoms with van der Waals surface area (Å²) < 4.78 is 37.8. The van der Waals surface area contributed by atoms with Crippen LogP contribution in [0.15, 0.2) is 30.5 Å². The second-order valence-corrected chi connectivity index (χ2v) is 4.02. The zero-order valence-electron chi connectivity index (χ0n) is 9.78. The molecule has 19 heavy (non-hydrogen) atoms. The lowest BCUT2D eigenvalue weighted by atomic mass is 10.0. The van der Waals surface area contributed by atoms with Crippen LogP contribution in [0.1, 0.15) is 22.9 Å². The number of nitrogens with two attached hydrogens (primary N) is 1. The van der Waals surface area contributed by atoms with E-state index in [9.17, 15) is 13.2 Å². The maximum Gasteiger partial charge on any atom is 0.416 e. The zero-order valence-corrected chi connectivity index (χ0v) is 9.78. The third kappa shape index (κ3) is 3.30. The Hall–Kier alpha value is -1.93. The number of hydrazine groups is 1. The number of halogens is 3. The van der Waals surface area contributed by atoms with Crippen molar-refractivity contribution in [3.8, 4) is 0 Å². The highest BCUT2D eigenvalue weighted by atomic mass is 19.4. The van der Waals surface area contributed by atoms with E-state index in [1.54, 1.807) is 6.07 Å². The molecule has 0 aliphatic carbocycles. The van der Waals surface area contributed by atoms with E-state index in [0.29, 0.717) is 11.3 Å². The molecule has 2 rings (SSSR count). The van der Waals surface area contributed by atoms with E-state index >= 15 is 0 Å². The minimum Gasteiger partial charge on any atom is -0.271 e. The van der Waals surface area contributed by atoms with Gasteiger partial charge >= 0.3 is 6.18 Å². The van der Waals surface area contributed by atoms with Gasteiger partial charge in [-0.2, -0.15) is 28.6 Å². The molecule has 1 unspecified atom stereocenters. The van der Waals surface area contributed by atoms with Crippen molar-refractivity contribution in [1.29, 1.82) is 0 Å². The van der Waals surface area contributed by atoms with Crippen molar-refractivity contribution >= 4 is 0 Å². The van der Waals surface area contributed by atoms with Crippen molar-refractivity contribution in [3.63, 3.8) is 0 Å². The summed E-state index contributed by atoms with van der Waals surface area (Å²) >= 11 is 0. The lowest BCUT2D eigenvalue weighted by Gasteiger charge is -2.14. The van der Waals surface area contributed by atoms with Gasteiger partial charge in [-0.15, -0.1) is 0 Å². The number of aromatic nitrogens is 3. The smallest absolute Gasteiger partial charge is 0.271 e. The van der Waals surface area contributed by atoms with Gasteiger partial charge in [-0.1, -0.05) is 18.2 Å². The van der Waals surface area contributed by atoms with Crippen LogP contribution in [0, 0.1) is 0 Å². The van der Waals surface area contributed by atoms with Gasteiger partial charge in [0.15, 0.2) is 0 Å². The van der Waals surface area contributed by atoms with Crippen LogP contribution in [0.25, 0.3) is 0 Å².